The fourth-order valence-corrected chi connectivity index (χ4v) is 9.01. The molecule has 4 aromatic carbocycles. The van der Waals surface area contributed by atoms with Crippen molar-refractivity contribution in [2.75, 3.05) is 0 Å². The van der Waals surface area contributed by atoms with E-state index < -0.39 is 21.7 Å². The molecule has 280 valence electrons. The van der Waals surface area contributed by atoms with Gasteiger partial charge in [0.15, 0.2) is 0 Å². The Balaban J connectivity index is 1.39. The highest BCUT2D eigenvalue weighted by atomic mass is 16.3. The van der Waals surface area contributed by atoms with Gasteiger partial charge in [-0.05, 0) is 147 Å². The van der Waals surface area contributed by atoms with Crippen LogP contribution in [0.4, 0.5) is 0 Å². The third-order valence-corrected chi connectivity index (χ3v) is 12.7. The van der Waals surface area contributed by atoms with Gasteiger partial charge in [-0.15, -0.1) is 0 Å². The molecule has 1 aliphatic rings. The SMILES string of the molecule is CC1(c2cccc(O)c2)c2ccc([nH]2)[C@](C)(c2cccc(O)c2)c2ccc([nH]2)[C@](C)(c2cccc(O)c2)c2ccc([nH]2)[C@](C)(c2cccc(O)c2)c2ccc1[nH]2. The van der Waals surface area contributed by atoms with Crippen molar-refractivity contribution in [3.63, 3.8) is 0 Å². The molecule has 8 bridgehead atoms. The topological polar surface area (TPSA) is 144 Å². The Morgan fingerprint density at radius 3 is 0.625 bits per heavy atom. The lowest BCUT2D eigenvalue weighted by Gasteiger charge is -2.34. The molecule has 4 aromatic heterocycles. The Labute approximate surface area is 325 Å². The number of aromatic amines is 4. The van der Waals surface area contributed by atoms with Crippen molar-refractivity contribution in [2.24, 2.45) is 0 Å². The summed E-state index contributed by atoms with van der Waals surface area (Å²) in [7, 11) is 0. The van der Waals surface area contributed by atoms with Crippen LogP contribution in [0.2, 0.25) is 0 Å². The molecule has 0 unspecified atom stereocenters. The lowest BCUT2D eigenvalue weighted by atomic mass is 9.76. The van der Waals surface area contributed by atoms with Crippen LogP contribution in [0, 0.1) is 0 Å². The van der Waals surface area contributed by atoms with E-state index in [1.807, 2.05) is 48.5 Å². The molecule has 0 fully saturated rings. The molecular formula is C48H44N4O4. The maximum absolute atomic E-state index is 10.8. The summed E-state index contributed by atoms with van der Waals surface area (Å²) in [6, 6.07) is 46.3. The molecule has 0 amide bonds. The van der Waals surface area contributed by atoms with Crippen LogP contribution in [0.1, 0.15) is 95.5 Å². The minimum atomic E-state index is -0.804. The van der Waals surface area contributed by atoms with E-state index in [1.165, 1.54) is 0 Å². The molecule has 0 saturated carbocycles. The summed E-state index contributed by atoms with van der Waals surface area (Å²) in [5.74, 6) is 0.653. The average molecular weight is 741 g/mol. The van der Waals surface area contributed by atoms with Crippen LogP contribution >= 0.6 is 0 Å². The molecule has 0 aliphatic carbocycles. The summed E-state index contributed by atoms with van der Waals surface area (Å²) in [4.78, 5) is 15.4. The minimum Gasteiger partial charge on any atom is -0.508 e. The zero-order valence-corrected chi connectivity index (χ0v) is 31.6. The van der Waals surface area contributed by atoms with E-state index in [1.54, 1.807) is 48.5 Å². The second kappa shape index (κ2) is 12.4. The summed E-state index contributed by atoms with van der Waals surface area (Å²) < 4.78 is 0. The van der Waals surface area contributed by atoms with Gasteiger partial charge in [-0.2, -0.15) is 0 Å². The van der Waals surface area contributed by atoms with Gasteiger partial charge in [0.2, 0.25) is 0 Å². The monoisotopic (exact) mass is 740 g/mol. The Bertz CT molecular complexity index is 2300. The highest BCUT2D eigenvalue weighted by molar-refractivity contribution is 5.57. The lowest BCUT2D eigenvalue weighted by molar-refractivity contribution is 0.472. The summed E-state index contributed by atoms with van der Waals surface area (Å²) in [5, 5.41) is 43.3. The molecular weight excluding hydrogens is 697 g/mol. The van der Waals surface area contributed by atoms with Gasteiger partial charge in [-0.3, -0.25) is 0 Å². The standard InChI is InChI=1S/C48H44N4O4/c1-45(29-9-5-13-33(53)25-29)37-17-19-39(49-37)46(2,30-10-6-14-34(54)26-30)41-21-23-43(51-41)48(4,32-12-8-16-36(56)28-32)44-24-22-42(52-44)47(3,40-20-18-38(45)50-40)31-11-7-15-35(55)27-31/h5-28,49-56H,1-4H3/t45-,46+,47-,48?. The van der Waals surface area contributed by atoms with Crippen LogP contribution < -0.4 is 0 Å². The van der Waals surface area contributed by atoms with Crippen LogP contribution in [0.5, 0.6) is 23.0 Å². The molecule has 0 atom stereocenters. The molecule has 8 aromatic rings. The van der Waals surface area contributed by atoms with Gasteiger partial charge in [0.1, 0.15) is 23.0 Å². The van der Waals surface area contributed by atoms with Crippen molar-refractivity contribution in [1.29, 1.82) is 0 Å². The van der Waals surface area contributed by atoms with Crippen LogP contribution in [0.15, 0.2) is 146 Å². The summed E-state index contributed by atoms with van der Waals surface area (Å²) in [6.07, 6.45) is 0. The van der Waals surface area contributed by atoms with E-state index in [9.17, 15) is 20.4 Å². The van der Waals surface area contributed by atoms with E-state index in [0.29, 0.717) is 0 Å². The third-order valence-electron chi connectivity index (χ3n) is 12.7. The van der Waals surface area contributed by atoms with Gasteiger partial charge in [0.25, 0.3) is 0 Å². The van der Waals surface area contributed by atoms with Crippen molar-refractivity contribution >= 4 is 0 Å². The highest BCUT2D eigenvalue weighted by Crippen LogP contribution is 2.48. The number of phenols is 4. The summed E-state index contributed by atoms with van der Waals surface area (Å²) in [5.41, 5.74) is 7.43. The van der Waals surface area contributed by atoms with Crippen LogP contribution in [-0.2, 0) is 21.7 Å². The number of aromatic nitrogens is 4. The maximum atomic E-state index is 10.8. The Kier molecular flexibility index (Phi) is 7.71. The van der Waals surface area contributed by atoms with Gasteiger partial charge < -0.3 is 40.4 Å². The second-order valence-electron chi connectivity index (χ2n) is 15.8. The molecule has 8 nitrogen and oxygen atoms in total. The fraction of sp³-hybridized carbons (Fsp3) is 0.167. The van der Waals surface area contributed by atoms with Crippen molar-refractivity contribution in [3.8, 4) is 23.0 Å². The van der Waals surface area contributed by atoms with E-state index >= 15 is 0 Å². The average Bonchev–Trinajstić information content (AvgIpc) is 4.04. The molecule has 0 spiro atoms. The van der Waals surface area contributed by atoms with E-state index in [2.05, 4.69) is 96.2 Å². The molecule has 56 heavy (non-hydrogen) atoms. The predicted octanol–water partition coefficient (Wildman–Crippen LogP) is 9.55. The Morgan fingerprint density at radius 2 is 0.464 bits per heavy atom. The highest BCUT2D eigenvalue weighted by Gasteiger charge is 2.44. The first-order valence-electron chi connectivity index (χ1n) is 18.8. The first-order valence-corrected chi connectivity index (χ1v) is 18.8. The molecule has 5 heterocycles. The summed E-state index contributed by atoms with van der Waals surface area (Å²) >= 11 is 0. The van der Waals surface area contributed by atoms with Crippen molar-refractivity contribution in [3.05, 3.63) is 213 Å². The molecule has 8 N–H and O–H groups in total. The van der Waals surface area contributed by atoms with Crippen LogP contribution in [0.25, 0.3) is 0 Å². The molecule has 9 rings (SSSR count). The van der Waals surface area contributed by atoms with Gasteiger partial charge in [-0.1, -0.05) is 48.5 Å². The number of hydrogen-bond acceptors (Lipinski definition) is 4. The number of rotatable bonds is 4. The summed E-state index contributed by atoms with van der Waals surface area (Å²) in [6.45, 7) is 8.59. The Morgan fingerprint density at radius 1 is 0.286 bits per heavy atom. The third kappa shape index (κ3) is 5.05. The number of nitrogens with one attached hydrogen (secondary N) is 4. The number of hydrogen-bond donors (Lipinski definition) is 8. The molecule has 0 saturated heterocycles. The van der Waals surface area contributed by atoms with Crippen molar-refractivity contribution < 1.29 is 20.4 Å². The first kappa shape index (κ1) is 34.9. The first-order chi connectivity index (χ1) is 26.8. The van der Waals surface area contributed by atoms with Crippen molar-refractivity contribution in [2.45, 2.75) is 49.4 Å². The van der Waals surface area contributed by atoms with Gasteiger partial charge in [0.05, 0.1) is 21.7 Å². The molecule has 0 radical (unpaired) electrons. The largest absolute Gasteiger partial charge is 0.508 e. The normalized spacial score (nSPS) is 23.2. The van der Waals surface area contributed by atoms with Gasteiger partial charge >= 0.3 is 0 Å². The predicted molar refractivity (Wildman–Crippen MR) is 218 cm³/mol. The van der Waals surface area contributed by atoms with E-state index in [0.717, 1.165) is 67.8 Å². The quantitative estimate of drug-likeness (QED) is 0.0909. The van der Waals surface area contributed by atoms with Gasteiger partial charge in [-0.25, -0.2) is 0 Å². The number of H-pyrrole nitrogens is 4. The zero-order chi connectivity index (χ0) is 39.0. The minimum absolute atomic E-state index is 0.163. The Hall–Kier alpha value is -6.80. The number of phenolic OH excluding ortho intramolecular Hbond substituents is 4. The van der Waals surface area contributed by atoms with E-state index in [4.69, 9.17) is 0 Å². The fourth-order valence-electron chi connectivity index (χ4n) is 9.01. The van der Waals surface area contributed by atoms with Crippen molar-refractivity contribution in [1.82, 2.24) is 19.9 Å². The maximum Gasteiger partial charge on any atom is 0.115 e. The molecule has 8 heteroatoms. The van der Waals surface area contributed by atoms with E-state index in [-0.39, 0.29) is 23.0 Å². The zero-order valence-electron chi connectivity index (χ0n) is 31.6. The second-order valence-corrected chi connectivity index (χ2v) is 15.8. The van der Waals surface area contributed by atoms with Gasteiger partial charge in [0, 0.05) is 45.6 Å². The number of benzene rings is 4. The number of fused-ring (bicyclic) bond motifs is 8. The molecule has 1 aliphatic heterocycles. The van der Waals surface area contributed by atoms with Crippen LogP contribution in [-0.4, -0.2) is 40.4 Å². The smallest absolute Gasteiger partial charge is 0.115 e. The van der Waals surface area contributed by atoms with Crippen LogP contribution in [0.3, 0.4) is 0 Å². The lowest BCUT2D eigenvalue weighted by Crippen LogP contribution is -2.32. The number of aromatic hydroxyl groups is 4.